The Morgan fingerprint density at radius 2 is 2.20 bits per heavy atom. The van der Waals surface area contributed by atoms with E-state index in [1.54, 1.807) is 17.5 Å². The first-order valence-electron chi connectivity index (χ1n) is 6.42. The van der Waals surface area contributed by atoms with Crippen molar-refractivity contribution in [2.24, 2.45) is 5.92 Å². The summed E-state index contributed by atoms with van der Waals surface area (Å²) in [6.07, 6.45) is 0. The second-order valence-corrected chi connectivity index (χ2v) is 7.94. The lowest BCUT2D eigenvalue weighted by atomic mass is 10.2. The molecular formula is C13H19N3O2S2. The van der Waals surface area contributed by atoms with Gasteiger partial charge in [0.25, 0.3) is 0 Å². The number of nitrogens with one attached hydrogen (secondary N) is 1. The van der Waals surface area contributed by atoms with Crippen LogP contribution in [0.4, 0.5) is 0 Å². The Hall–Kier alpha value is -1.18. The molecule has 0 aliphatic carbocycles. The summed E-state index contributed by atoms with van der Waals surface area (Å²) >= 11 is 1.22. The van der Waals surface area contributed by atoms with E-state index in [2.05, 4.69) is 9.82 Å². The van der Waals surface area contributed by atoms with E-state index in [1.165, 1.54) is 11.3 Å². The number of aromatic nitrogens is 2. The molecule has 0 bridgehead atoms. The summed E-state index contributed by atoms with van der Waals surface area (Å²) in [6, 6.07) is 5.36. The molecule has 2 aromatic heterocycles. The van der Waals surface area contributed by atoms with Gasteiger partial charge in [0.1, 0.15) is 4.21 Å². The molecule has 0 radical (unpaired) electrons. The molecule has 1 N–H and O–H groups in total. The molecule has 1 atom stereocenters. The number of hydrogen-bond donors (Lipinski definition) is 1. The molecule has 2 aromatic rings. The van der Waals surface area contributed by atoms with Crippen LogP contribution in [0.2, 0.25) is 0 Å². The van der Waals surface area contributed by atoms with Gasteiger partial charge < -0.3 is 0 Å². The molecule has 0 aliphatic rings. The molecule has 0 fully saturated rings. The lowest BCUT2D eigenvalue weighted by Crippen LogP contribution is -2.30. The third-order valence-electron chi connectivity index (χ3n) is 2.97. The molecule has 7 heteroatoms. The Bertz CT molecular complexity index is 660. The highest BCUT2D eigenvalue weighted by Gasteiger charge is 2.16. The first kappa shape index (κ1) is 15.2. The van der Waals surface area contributed by atoms with Gasteiger partial charge in [-0.2, -0.15) is 5.10 Å². The van der Waals surface area contributed by atoms with Gasteiger partial charge in [0.2, 0.25) is 10.0 Å². The van der Waals surface area contributed by atoms with E-state index in [4.69, 9.17) is 0 Å². The Labute approximate surface area is 123 Å². The number of aryl methyl sites for hydroxylation is 2. The zero-order valence-electron chi connectivity index (χ0n) is 11.8. The largest absolute Gasteiger partial charge is 0.269 e. The molecule has 0 saturated heterocycles. The first-order chi connectivity index (χ1) is 9.38. The molecule has 0 spiro atoms. The summed E-state index contributed by atoms with van der Waals surface area (Å²) in [5.41, 5.74) is 2.07. The number of sulfonamides is 1. The van der Waals surface area contributed by atoms with E-state index in [1.807, 2.05) is 31.5 Å². The third-order valence-corrected chi connectivity index (χ3v) is 5.79. The van der Waals surface area contributed by atoms with Crippen molar-refractivity contribution >= 4 is 21.4 Å². The first-order valence-corrected chi connectivity index (χ1v) is 8.79. The number of rotatable bonds is 6. The van der Waals surface area contributed by atoms with Gasteiger partial charge in [-0.05, 0) is 37.3 Å². The summed E-state index contributed by atoms with van der Waals surface area (Å²) < 4.78 is 28.9. The highest BCUT2D eigenvalue weighted by molar-refractivity contribution is 7.91. The maximum absolute atomic E-state index is 12.0. The molecule has 110 valence electrons. The lowest BCUT2D eigenvalue weighted by molar-refractivity contribution is 0.436. The minimum absolute atomic E-state index is 0.169. The number of thiophene rings is 1. The minimum atomic E-state index is -3.37. The molecule has 0 aromatic carbocycles. The second kappa shape index (κ2) is 6.07. The van der Waals surface area contributed by atoms with Gasteiger partial charge in [0.05, 0.1) is 5.69 Å². The average molecular weight is 313 g/mol. The summed E-state index contributed by atoms with van der Waals surface area (Å²) in [6.45, 7) is 7.06. The topological polar surface area (TPSA) is 64.0 Å². The van der Waals surface area contributed by atoms with Crippen molar-refractivity contribution in [3.63, 3.8) is 0 Å². The van der Waals surface area contributed by atoms with E-state index in [9.17, 15) is 8.42 Å². The maximum atomic E-state index is 12.0. The van der Waals surface area contributed by atoms with Crippen molar-refractivity contribution < 1.29 is 8.42 Å². The van der Waals surface area contributed by atoms with Gasteiger partial charge in [-0.25, -0.2) is 13.1 Å². The van der Waals surface area contributed by atoms with Gasteiger partial charge in [0, 0.05) is 18.8 Å². The van der Waals surface area contributed by atoms with Crippen molar-refractivity contribution in [3.8, 4) is 0 Å². The van der Waals surface area contributed by atoms with Crippen molar-refractivity contribution in [3.05, 3.63) is 35.0 Å². The highest BCUT2D eigenvalue weighted by Crippen LogP contribution is 2.15. The van der Waals surface area contributed by atoms with E-state index in [0.717, 1.165) is 11.4 Å². The Morgan fingerprint density at radius 3 is 2.75 bits per heavy atom. The van der Waals surface area contributed by atoms with Gasteiger partial charge in [-0.3, -0.25) is 4.68 Å². The van der Waals surface area contributed by atoms with Gasteiger partial charge in [0.15, 0.2) is 0 Å². The van der Waals surface area contributed by atoms with E-state index in [-0.39, 0.29) is 5.92 Å². The van der Waals surface area contributed by atoms with Crippen molar-refractivity contribution in [2.75, 3.05) is 6.54 Å². The fourth-order valence-electron chi connectivity index (χ4n) is 1.96. The third kappa shape index (κ3) is 3.68. The average Bonchev–Trinajstić information content (AvgIpc) is 2.98. The van der Waals surface area contributed by atoms with E-state index >= 15 is 0 Å². The van der Waals surface area contributed by atoms with Crippen molar-refractivity contribution in [1.82, 2.24) is 14.5 Å². The molecule has 0 saturated carbocycles. The fourth-order valence-corrected chi connectivity index (χ4v) is 4.16. The quantitative estimate of drug-likeness (QED) is 0.889. The Morgan fingerprint density at radius 1 is 1.45 bits per heavy atom. The van der Waals surface area contributed by atoms with Crippen LogP contribution in [0, 0.1) is 19.8 Å². The molecule has 0 amide bonds. The standard InChI is InChI=1S/C13H19N3O2S2/c1-10(9-16-12(3)7-11(2)15-16)8-14-20(17,18)13-5-4-6-19-13/h4-7,10,14H,8-9H2,1-3H3/t10-/m1/s1. The Kier molecular flexibility index (Phi) is 4.62. The fraction of sp³-hybridized carbons (Fsp3) is 0.462. The number of hydrogen-bond acceptors (Lipinski definition) is 4. The lowest BCUT2D eigenvalue weighted by Gasteiger charge is -2.13. The predicted octanol–water partition coefficient (Wildman–Crippen LogP) is 2.18. The van der Waals surface area contributed by atoms with Crippen molar-refractivity contribution in [1.29, 1.82) is 0 Å². The van der Waals surface area contributed by atoms with Crippen molar-refractivity contribution in [2.45, 2.75) is 31.5 Å². The van der Waals surface area contributed by atoms with Crippen LogP contribution in [0.3, 0.4) is 0 Å². The highest BCUT2D eigenvalue weighted by atomic mass is 32.2. The maximum Gasteiger partial charge on any atom is 0.250 e. The smallest absolute Gasteiger partial charge is 0.250 e. The molecular weight excluding hydrogens is 294 g/mol. The van der Waals surface area contributed by atoms with Crippen LogP contribution in [0.15, 0.2) is 27.8 Å². The minimum Gasteiger partial charge on any atom is -0.269 e. The molecule has 2 rings (SSSR count). The van der Waals surface area contributed by atoms with Crippen LogP contribution in [0.1, 0.15) is 18.3 Å². The molecule has 0 aliphatic heterocycles. The zero-order chi connectivity index (χ0) is 14.8. The van der Waals surface area contributed by atoms with Gasteiger partial charge >= 0.3 is 0 Å². The van der Waals surface area contributed by atoms with Gasteiger partial charge in [-0.1, -0.05) is 13.0 Å². The van der Waals surface area contributed by atoms with Crippen LogP contribution in [0.5, 0.6) is 0 Å². The van der Waals surface area contributed by atoms with E-state index in [0.29, 0.717) is 17.3 Å². The SMILES string of the molecule is Cc1cc(C)n(C[C@H](C)CNS(=O)(=O)c2cccs2)n1. The van der Waals surface area contributed by atoms with Crippen LogP contribution < -0.4 is 4.72 Å². The molecule has 20 heavy (non-hydrogen) atoms. The van der Waals surface area contributed by atoms with Crippen LogP contribution in [-0.4, -0.2) is 24.7 Å². The molecule has 5 nitrogen and oxygen atoms in total. The zero-order valence-corrected chi connectivity index (χ0v) is 13.5. The summed E-state index contributed by atoms with van der Waals surface area (Å²) in [4.78, 5) is 0. The molecule has 0 unspecified atom stereocenters. The van der Waals surface area contributed by atoms with E-state index < -0.39 is 10.0 Å². The second-order valence-electron chi connectivity index (χ2n) is 5.00. The van der Waals surface area contributed by atoms with Crippen LogP contribution in [-0.2, 0) is 16.6 Å². The summed E-state index contributed by atoms with van der Waals surface area (Å²) in [7, 11) is -3.37. The Balaban J connectivity index is 1.93. The summed E-state index contributed by atoms with van der Waals surface area (Å²) in [5.74, 6) is 0.169. The summed E-state index contributed by atoms with van der Waals surface area (Å²) in [5, 5.41) is 6.14. The predicted molar refractivity (Wildman–Crippen MR) is 80.4 cm³/mol. The van der Waals surface area contributed by atoms with Crippen LogP contribution >= 0.6 is 11.3 Å². The normalized spacial score (nSPS) is 13.6. The molecule has 2 heterocycles. The monoisotopic (exact) mass is 313 g/mol. The van der Waals surface area contributed by atoms with Gasteiger partial charge in [-0.15, -0.1) is 11.3 Å². The number of nitrogens with zero attached hydrogens (tertiary/aromatic N) is 2. The van der Waals surface area contributed by atoms with Crippen LogP contribution in [0.25, 0.3) is 0 Å².